The highest BCUT2D eigenvalue weighted by molar-refractivity contribution is 5.85. The molecule has 0 amide bonds. The zero-order chi connectivity index (χ0) is 8.48. The van der Waals surface area contributed by atoms with E-state index in [1.54, 1.807) is 7.05 Å². The average Bonchev–Trinajstić information content (AvgIpc) is 1.83. The van der Waals surface area contributed by atoms with Crippen molar-refractivity contribution >= 4 is 18.4 Å². The van der Waals surface area contributed by atoms with E-state index in [4.69, 9.17) is 4.74 Å². The van der Waals surface area contributed by atoms with Crippen molar-refractivity contribution in [3.8, 4) is 0 Å². The Balaban J connectivity index is 0.00000121. The van der Waals surface area contributed by atoms with Crippen molar-refractivity contribution in [2.24, 2.45) is 4.99 Å². The molecule has 1 heterocycles. The largest absolute Gasteiger partial charge is 0.462 e. The first-order valence-electron chi connectivity index (χ1n) is 3.95. The first-order valence-corrected chi connectivity index (χ1v) is 3.95. The van der Waals surface area contributed by atoms with Crippen LogP contribution in [0.3, 0.4) is 0 Å². The van der Waals surface area contributed by atoms with Crippen LogP contribution in [0.4, 0.5) is 0 Å². The fourth-order valence-corrected chi connectivity index (χ4v) is 1.43. The van der Waals surface area contributed by atoms with Crippen LogP contribution in [0.2, 0.25) is 0 Å². The van der Waals surface area contributed by atoms with Gasteiger partial charge in [-0.2, -0.15) is 0 Å². The van der Waals surface area contributed by atoms with Crippen LogP contribution in [-0.4, -0.2) is 24.7 Å². The van der Waals surface area contributed by atoms with Gasteiger partial charge in [0.15, 0.2) is 0 Å². The zero-order valence-corrected chi connectivity index (χ0v) is 8.86. The van der Waals surface area contributed by atoms with Gasteiger partial charge in [-0.25, -0.2) is 4.99 Å². The molecule has 72 valence electrons. The summed E-state index contributed by atoms with van der Waals surface area (Å²) in [6.45, 7) is 6.36. The Morgan fingerprint density at radius 2 is 2.17 bits per heavy atom. The van der Waals surface area contributed by atoms with E-state index in [9.17, 15) is 0 Å². The lowest BCUT2D eigenvalue weighted by molar-refractivity contribution is 0.114. The topological polar surface area (TPSA) is 33.6 Å². The van der Waals surface area contributed by atoms with Crippen LogP contribution in [-0.2, 0) is 4.74 Å². The molecule has 0 aromatic heterocycles. The molecule has 0 aromatic rings. The van der Waals surface area contributed by atoms with Gasteiger partial charge >= 0.3 is 0 Å². The van der Waals surface area contributed by atoms with Crippen molar-refractivity contribution in [2.45, 2.75) is 38.8 Å². The third-order valence-electron chi connectivity index (χ3n) is 1.76. The Morgan fingerprint density at radius 3 is 2.58 bits per heavy atom. The summed E-state index contributed by atoms with van der Waals surface area (Å²) in [7, 11) is 1.73. The first kappa shape index (κ1) is 11.6. The van der Waals surface area contributed by atoms with Gasteiger partial charge in [0, 0.05) is 19.0 Å². The summed E-state index contributed by atoms with van der Waals surface area (Å²) in [4.78, 5) is 3.98. The molecule has 1 aliphatic rings. The lowest BCUT2D eigenvalue weighted by Gasteiger charge is -2.36. The van der Waals surface area contributed by atoms with Gasteiger partial charge in [0.25, 0.3) is 6.02 Å². The van der Waals surface area contributed by atoms with Gasteiger partial charge in [-0.3, -0.25) is 0 Å². The van der Waals surface area contributed by atoms with Crippen LogP contribution in [0, 0.1) is 0 Å². The second-order valence-electron chi connectivity index (χ2n) is 3.67. The number of halogens is 1. The quantitative estimate of drug-likeness (QED) is 0.632. The third-order valence-corrected chi connectivity index (χ3v) is 1.76. The predicted molar refractivity (Wildman–Crippen MR) is 53.0 cm³/mol. The van der Waals surface area contributed by atoms with Crippen LogP contribution >= 0.6 is 12.4 Å². The van der Waals surface area contributed by atoms with E-state index in [-0.39, 0.29) is 24.0 Å². The van der Waals surface area contributed by atoms with Gasteiger partial charge in [0.2, 0.25) is 0 Å². The van der Waals surface area contributed by atoms with Gasteiger partial charge in [0.1, 0.15) is 6.10 Å². The lowest BCUT2D eigenvalue weighted by Crippen LogP contribution is -2.52. The molecule has 1 N–H and O–H groups in total. The number of hydrogen-bond acceptors (Lipinski definition) is 2. The molecular weight excluding hydrogens is 176 g/mol. The van der Waals surface area contributed by atoms with Gasteiger partial charge in [-0.15, -0.1) is 12.4 Å². The number of hydrogen-bond donors (Lipinski definition) is 1. The zero-order valence-electron chi connectivity index (χ0n) is 8.05. The molecular formula is C8H17ClN2O. The average molecular weight is 193 g/mol. The molecule has 0 saturated carbocycles. The maximum atomic E-state index is 5.41. The third kappa shape index (κ3) is 2.89. The molecule has 1 atom stereocenters. The smallest absolute Gasteiger partial charge is 0.285 e. The van der Waals surface area contributed by atoms with Crippen molar-refractivity contribution in [1.29, 1.82) is 0 Å². The van der Waals surface area contributed by atoms with Crippen LogP contribution in [0.5, 0.6) is 0 Å². The molecule has 0 radical (unpaired) electrons. The summed E-state index contributed by atoms with van der Waals surface area (Å²) in [5.41, 5.74) is 0.118. The Morgan fingerprint density at radius 1 is 1.58 bits per heavy atom. The number of rotatable bonds is 0. The Kier molecular flexibility index (Phi) is 3.84. The van der Waals surface area contributed by atoms with Crippen LogP contribution in [0.25, 0.3) is 0 Å². The molecule has 0 aliphatic carbocycles. The number of aliphatic imine (C=N–C) groups is 1. The highest BCUT2D eigenvalue weighted by atomic mass is 35.5. The molecule has 0 bridgehead atoms. The number of nitrogens with one attached hydrogen (secondary N) is 1. The Hall–Kier alpha value is -0.440. The fourth-order valence-electron chi connectivity index (χ4n) is 1.43. The minimum Gasteiger partial charge on any atom is -0.462 e. The van der Waals surface area contributed by atoms with E-state index in [1.165, 1.54) is 0 Å². The summed E-state index contributed by atoms with van der Waals surface area (Å²) in [5.74, 6) is 0. The van der Waals surface area contributed by atoms with Crippen molar-refractivity contribution < 1.29 is 4.74 Å². The molecule has 4 heteroatoms. The van der Waals surface area contributed by atoms with E-state index in [0.29, 0.717) is 6.02 Å². The highest BCUT2D eigenvalue weighted by Gasteiger charge is 2.29. The molecule has 3 nitrogen and oxygen atoms in total. The van der Waals surface area contributed by atoms with E-state index in [0.717, 1.165) is 6.42 Å². The Labute approximate surface area is 80.0 Å². The van der Waals surface area contributed by atoms with Crippen molar-refractivity contribution in [3.63, 3.8) is 0 Å². The normalized spacial score (nSPS) is 30.0. The van der Waals surface area contributed by atoms with Crippen molar-refractivity contribution in [1.82, 2.24) is 5.32 Å². The summed E-state index contributed by atoms with van der Waals surface area (Å²) in [6.07, 6.45) is 1.29. The summed E-state index contributed by atoms with van der Waals surface area (Å²) in [6, 6.07) is 0.661. The van der Waals surface area contributed by atoms with Crippen molar-refractivity contribution in [3.05, 3.63) is 0 Å². The van der Waals surface area contributed by atoms with Crippen LogP contribution in [0.1, 0.15) is 27.2 Å². The lowest BCUT2D eigenvalue weighted by atomic mass is 9.96. The minimum atomic E-state index is 0. The van der Waals surface area contributed by atoms with E-state index < -0.39 is 0 Å². The van der Waals surface area contributed by atoms with E-state index in [1.807, 2.05) is 0 Å². The van der Waals surface area contributed by atoms with Gasteiger partial charge < -0.3 is 10.1 Å². The SMILES string of the molecule is CN=C1NC(C)(C)CC(C)O1.Cl. The first-order chi connectivity index (χ1) is 5.03. The standard InChI is InChI=1S/C8H16N2O.ClH/c1-6-5-8(2,3)10-7(9-4)11-6;/h6H,5H2,1-4H3,(H,9,10);1H. The number of amidine groups is 1. The van der Waals surface area contributed by atoms with E-state index >= 15 is 0 Å². The monoisotopic (exact) mass is 192 g/mol. The Bertz CT molecular complexity index is 180. The fraction of sp³-hybridized carbons (Fsp3) is 0.875. The molecule has 1 aliphatic heterocycles. The second kappa shape index (κ2) is 3.99. The molecule has 1 unspecified atom stereocenters. The number of ether oxygens (including phenoxy) is 1. The molecule has 0 spiro atoms. The molecule has 0 aromatic carbocycles. The molecule has 12 heavy (non-hydrogen) atoms. The summed E-state index contributed by atoms with van der Waals surface area (Å²) >= 11 is 0. The number of nitrogens with zero attached hydrogens (tertiary/aromatic N) is 1. The van der Waals surface area contributed by atoms with Gasteiger partial charge in [-0.05, 0) is 20.8 Å². The van der Waals surface area contributed by atoms with Crippen LogP contribution in [0.15, 0.2) is 4.99 Å². The van der Waals surface area contributed by atoms with Crippen LogP contribution < -0.4 is 5.32 Å². The minimum absolute atomic E-state index is 0. The summed E-state index contributed by atoms with van der Waals surface area (Å²) < 4.78 is 5.41. The van der Waals surface area contributed by atoms with Gasteiger partial charge in [-0.1, -0.05) is 0 Å². The maximum Gasteiger partial charge on any atom is 0.285 e. The second-order valence-corrected chi connectivity index (χ2v) is 3.67. The van der Waals surface area contributed by atoms with Crippen molar-refractivity contribution in [2.75, 3.05) is 7.05 Å². The summed E-state index contributed by atoms with van der Waals surface area (Å²) in [5, 5.41) is 3.20. The molecule has 1 saturated heterocycles. The maximum absolute atomic E-state index is 5.41. The van der Waals surface area contributed by atoms with Gasteiger partial charge in [0.05, 0.1) is 0 Å². The predicted octanol–water partition coefficient (Wildman–Crippen LogP) is 1.57. The highest BCUT2D eigenvalue weighted by Crippen LogP contribution is 2.18. The molecule has 1 fully saturated rings. The molecule has 1 rings (SSSR count). The van der Waals surface area contributed by atoms with E-state index in [2.05, 4.69) is 31.1 Å².